The van der Waals surface area contributed by atoms with E-state index < -0.39 is 16.8 Å². The summed E-state index contributed by atoms with van der Waals surface area (Å²) in [6, 6.07) is 14.0. The van der Waals surface area contributed by atoms with Crippen LogP contribution in [0.25, 0.3) is 0 Å². The Balaban J connectivity index is 1.41. The van der Waals surface area contributed by atoms with Crippen LogP contribution in [0.1, 0.15) is 15.9 Å². The van der Waals surface area contributed by atoms with Gasteiger partial charge in [0.15, 0.2) is 6.61 Å². The number of rotatable bonds is 6. The normalized spacial score (nSPS) is 16.3. The van der Waals surface area contributed by atoms with Crippen LogP contribution in [0.15, 0.2) is 53.4 Å². The van der Waals surface area contributed by atoms with Gasteiger partial charge in [-0.05, 0) is 35.9 Å². The van der Waals surface area contributed by atoms with Gasteiger partial charge in [0.25, 0.3) is 5.91 Å². The Morgan fingerprint density at radius 3 is 2.62 bits per heavy atom. The Kier molecular flexibility index (Phi) is 5.68. The lowest BCUT2D eigenvalue weighted by atomic mass is 10.1. The van der Waals surface area contributed by atoms with Crippen molar-refractivity contribution in [1.82, 2.24) is 5.32 Å². The van der Waals surface area contributed by atoms with E-state index in [9.17, 15) is 13.8 Å². The summed E-state index contributed by atoms with van der Waals surface area (Å²) >= 11 is 0. The van der Waals surface area contributed by atoms with Gasteiger partial charge in [-0.3, -0.25) is 9.00 Å². The minimum Gasteiger partial charge on any atom is -0.488 e. The minimum absolute atomic E-state index is 0.116. The van der Waals surface area contributed by atoms with Crippen LogP contribution in [0.3, 0.4) is 0 Å². The predicted molar refractivity (Wildman–Crippen MR) is 96.6 cm³/mol. The molecule has 0 fully saturated rings. The molecule has 2 atom stereocenters. The second kappa shape index (κ2) is 8.14. The molecule has 1 aliphatic heterocycles. The highest BCUT2D eigenvalue weighted by Gasteiger charge is 2.22. The molecular formula is C19H19NO5S. The number of nitrogens with one attached hydrogen (secondary N) is 1. The van der Waals surface area contributed by atoms with Gasteiger partial charge in [0, 0.05) is 28.4 Å². The van der Waals surface area contributed by atoms with Gasteiger partial charge in [-0.15, -0.1) is 0 Å². The lowest BCUT2D eigenvalue weighted by Crippen LogP contribution is -2.36. The monoisotopic (exact) mass is 373 g/mol. The number of amides is 1. The quantitative estimate of drug-likeness (QED) is 0.780. The van der Waals surface area contributed by atoms with Crippen LogP contribution in [-0.4, -0.2) is 41.6 Å². The smallest absolute Gasteiger partial charge is 0.338 e. The molecule has 1 amide bonds. The molecule has 0 saturated heterocycles. The molecule has 0 radical (unpaired) electrons. The number of benzene rings is 2. The summed E-state index contributed by atoms with van der Waals surface area (Å²) in [5.74, 6) is -0.142. The van der Waals surface area contributed by atoms with E-state index in [0.717, 1.165) is 17.7 Å². The van der Waals surface area contributed by atoms with E-state index in [1.54, 1.807) is 18.4 Å². The average Bonchev–Trinajstić information content (AvgIpc) is 3.07. The fraction of sp³-hybridized carbons (Fsp3) is 0.263. The minimum atomic E-state index is -1.11. The molecule has 1 aliphatic rings. The maximum atomic E-state index is 11.9. The molecular weight excluding hydrogens is 354 g/mol. The third-order valence-electron chi connectivity index (χ3n) is 4.00. The summed E-state index contributed by atoms with van der Waals surface area (Å²) in [4.78, 5) is 24.4. The lowest BCUT2D eigenvalue weighted by Gasteiger charge is -2.12. The van der Waals surface area contributed by atoms with Crippen LogP contribution in [-0.2, 0) is 26.8 Å². The molecule has 1 heterocycles. The van der Waals surface area contributed by atoms with Crippen LogP contribution in [0, 0.1) is 0 Å². The number of ether oxygens (including phenoxy) is 2. The van der Waals surface area contributed by atoms with Crippen LogP contribution in [0.4, 0.5) is 0 Å². The number of hydrogen-bond acceptors (Lipinski definition) is 5. The first kappa shape index (κ1) is 18.1. The zero-order valence-electron chi connectivity index (χ0n) is 14.3. The van der Waals surface area contributed by atoms with E-state index in [-0.39, 0.29) is 18.6 Å². The maximum Gasteiger partial charge on any atom is 0.338 e. The Labute approximate surface area is 154 Å². The molecule has 3 rings (SSSR count). The van der Waals surface area contributed by atoms with Crippen LogP contribution >= 0.6 is 0 Å². The van der Waals surface area contributed by atoms with Gasteiger partial charge in [0.1, 0.15) is 11.9 Å². The summed E-state index contributed by atoms with van der Waals surface area (Å²) < 4.78 is 22.1. The zero-order chi connectivity index (χ0) is 18.5. The van der Waals surface area contributed by atoms with E-state index in [0.29, 0.717) is 17.0 Å². The van der Waals surface area contributed by atoms with Gasteiger partial charge in [-0.1, -0.05) is 18.2 Å². The highest BCUT2D eigenvalue weighted by Crippen LogP contribution is 2.27. The number of fused-ring (bicyclic) bond motifs is 1. The topological polar surface area (TPSA) is 81.7 Å². The first-order valence-corrected chi connectivity index (χ1v) is 9.70. The number of carbonyl (C=O) groups excluding carboxylic acids is 2. The number of carbonyl (C=O) groups is 2. The molecule has 1 N–H and O–H groups in total. The molecule has 0 spiro atoms. The third-order valence-corrected chi connectivity index (χ3v) is 4.93. The number of para-hydroxylation sites is 1. The Morgan fingerprint density at radius 1 is 1.19 bits per heavy atom. The second-order valence-corrected chi connectivity index (χ2v) is 7.29. The molecule has 0 aromatic heterocycles. The van der Waals surface area contributed by atoms with Crippen molar-refractivity contribution in [1.29, 1.82) is 0 Å². The van der Waals surface area contributed by atoms with Crippen molar-refractivity contribution < 1.29 is 23.3 Å². The van der Waals surface area contributed by atoms with Crippen LogP contribution in [0.5, 0.6) is 5.75 Å². The summed E-state index contributed by atoms with van der Waals surface area (Å²) in [7, 11) is -1.11. The third kappa shape index (κ3) is 4.49. The molecule has 26 heavy (non-hydrogen) atoms. The highest BCUT2D eigenvalue weighted by atomic mass is 32.2. The second-order valence-electron chi connectivity index (χ2n) is 5.91. The average molecular weight is 373 g/mol. The molecule has 2 aromatic rings. The number of hydrogen-bond donors (Lipinski definition) is 1. The van der Waals surface area contributed by atoms with Gasteiger partial charge >= 0.3 is 5.97 Å². The van der Waals surface area contributed by atoms with Crippen molar-refractivity contribution >= 4 is 22.7 Å². The fourth-order valence-electron chi connectivity index (χ4n) is 2.64. The molecule has 0 saturated carbocycles. The fourth-order valence-corrected chi connectivity index (χ4v) is 3.16. The van der Waals surface area contributed by atoms with E-state index in [2.05, 4.69) is 5.32 Å². The summed E-state index contributed by atoms with van der Waals surface area (Å²) in [6.07, 6.45) is 2.18. The van der Waals surface area contributed by atoms with E-state index in [4.69, 9.17) is 9.47 Å². The Bertz CT molecular complexity index is 809. The van der Waals surface area contributed by atoms with Crippen molar-refractivity contribution in [2.24, 2.45) is 0 Å². The zero-order valence-corrected chi connectivity index (χ0v) is 15.1. The van der Waals surface area contributed by atoms with E-state index in [1.165, 1.54) is 12.1 Å². The van der Waals surface area contributed by atoms with Crippen molar-refractivity contribution in [2.75, 3.05) is 19.4 Å². The Hall–Kier alpha value is -2.67. The van der Waals surface area contributed by atoms with E-state index in [1.807, 2.05) is 24.3 Å². The maximum absolute atomic E-state index is 11.9. The summed E-state index contributed by atoms with van der Waals surface area (Å²) in [5, 5.41) is 2.71. The van der Waals surface area contributed by atoms with Crippen molar-refractivity contribution in [3.05, 3.63) is 59.7 Å². The molecule has 2 unspecified atom stereocenters. The predicted octanol–water partition coefficient (Wildman–Crippen LogP) is 1.70. The van der Waals surface area contributed by atoms with Crippen molar-refractivity contribution in [3.8, 4) is 5.75 Å². The van der Waals surface area contributed by atoms with Crippen LogP contribution < -0.4 is 10.1 Å². The Morgan fingerprint density at radius 2 is 1.92 bits per heavy atom. The van der Waals surface area contributed by atoms with Crippen LogP contribution in [0.2, 0.25) is 0 Å². The SMILES string of the molecule is CS(=O)c1ccc(C(=O)OCC(=O)NCC2Cc3ccccc3O2)cc1. The van der Waals surface area contributed by atoms with Crippen molar-refractivity contribution in [3.63, 3.8) is 0 Å². The van der Waals surface area contributed by atoms with Gasteiger partial charge in [-0.25, -0.2) is 4.79 Å². The van der Waals surface area contributed by atoms with Gasteiger partial charge in [0.2, 0.25) is 0 Å². The molecule has 2 aromatic carbocycles. The number of esters is 1. The standard InChI is InChI=1S/C19H19NO5S/c1-26(23)16-8-6-13(7-9-16)19(22)24-12-18(21)20-11-15-10-14-4-2-3-5-17(14)25-15/h2-9,15H,10-12H2,1H3,(H,20,21). The molecule has 6 nitrogen and oxygen atoms in total. The van der Waals surface area contributed by atoms with Gasteiger partial charge in [-0.2, -0.15) is 0 Å². The molecule has 0 aliphatic carbocycles. The molecule has 0 bridgehead atoms. The summed E-state index contributed by atoms with van der Waals surface area (Å²) in [5.41, 5.74) is 1.43. The summed E-state index contributed by atoms with van der Waals surface area (Å²) in [6.45, 7) is -0.0119. The van der Waals surface area contributed by atoms with Gasteiger partial charge in [0.05, 0.1) is 12.1 Å². The van der Waals surface area contributed by atoms with E-state index >= 15 is 0 Å². The first-order valence-electron chi connectivity index (χ1n) is 8.15. The van der Waals surface area contributed by atoms with Gasteiger partial charge < -0.3 is 14.8 Å². The largest absolute Gasteiger partial charge is 0.488 e. The van der Waals surface area contributed by atoms with Crippen molar-refractivity contribution in [2.45, 2.75) is 17.4 Å². The first-order chi connectivity index (χ1) is 12.5. The lowest BCUT2D eigenvalue weighted by molar-refractivity contribution is -0.124. The highest BCUT2D eigenvalue weighted by molar-refractivity contribution is 7.84. The molecule has 136 valence electrons. The molecule has 7 heteroatoms.